The molecule has 68 valence electrons. The minimum atomic E-state index is -2.04. The van der Waals surface area contributed by atoms with Gasteiger partial charge in [-0.25, -0.2) is 0 Å². The summed E-state index contributed by atoms with van der Waals surface area (Å²) in [6, 6.07) is 0. The van der Waals surface area contributed by atoms with Gasteiger partial charge < -0.3 is 18.7 Å². The molecule has 0 saturated carbocycles. The summed E-state index contributed by atoms with van der Waals surface area (Å²) in [7, 11) is -2.04. The zero-order valence-electron chi connectivity index (χ0n) is 7.24. The second-order valence-corrected chi connectivity index (χ2v) is 3.41. The molecule has 0 aliphatic carbocycles. The van der Waals surface area contributed by atoms with Gasteiger partial charge in [-0.05, 0) is 20.4 Å². The summed E-state index contributed by atoms with van der Waals surface area (Å²) in [6.07, 6.45) is 0. The van der Waals surface area contributed by atoms with Gasteiger partial charge in [0.15, 0.2) is 0 Å². The van der Waals surface area contributed by atoms with E-state index >= 15 is 0 Å². The van der Waals surface area contributed by atoms with Gasteiger partial charge in [0.1, 0.15) is 0 Å². The van der Waals surface area contributed by atoms with Crippen LogP contribution in [0.5, 0.6) is 0 Å². The summed E-state index contributed by atoms with van der Waals surface area (Å²) in [5.41, 5.74) is 0. The van der Waals surface area contributed by atoms with Gasteiger partial charge in [-0.1, -0.05) is 0 Å². The molecule has 0 aliphatic heterocycles. The Hall–Kier alpha value is 0.0569. The monoisotopic (exact) mass is 180 g/mol. The first kappa shape index (κ1) is 11.1. The first-order valence-corrected chi connectivity index (χ1v) is 5.91. The first-order chi connectivity index (χ1) is 5.20. The average Bonchev–Trinajstić information content (AvgIpc) is 1.87. The van der Waals surface area contributed by atoms with Crippen LogP contribution >= 0.6 is 0 Å². The van der Waals surface area contributed by atoms with Crippen LogP contribution in [0, 0.1) is 0 Å². The van der Waals surface area contributed by atoms with Crippen LogP contribution in [0.4, 0.5) is 0 Å². The van der Waals surface area contributed by atoms with E-state index in [1.54, 1.807) is 6.55 Å². The Labute approximate surface area is 68.9 Å². The quantitative estimate of drug-likeness (QED) is 0.468. The smallest absolute Gasteiger partial charge is 0.320 e. The van der Waals surface area contributed by atoms with Gasteiger partial charge in [0.25, 0.3) is 6.48 Å². The molecule has 4 nitrogen and oxygen atoms in total. The summed E-state index contributed by atoms with van der Waals surface area (Å²) in [6.45, 7) is 5.69. The molecule has 0 radical (unpaired) electrons. The maximum atomic E-state index is 8.93. The van der Waals surface area contributed by atoms with E-state index in [1.807, 2.05) is 13.8 Å². The molecule has 0 fully saturated rings. The topological polar surface area (TPSA) is 47.9 Å². The third kappa shape index (κ3) is 6.45. The fourth-order valence-electron chi connectivity index (χ4n) is 0.560. The highest BCUT2D eigenvalue weighted by Crippen LogP contribution is 1.98. The first-order valence-electron chi connectivity index (χ1n) is 3.77. The summed E-state index contributed by atoms with van der Waals surface area (Å²) in [5, 5.41) is 0. The third-order valence-corrected chi connectivity index (χ3v) is 1.53. The molecule has 0 heterocycles. The maximum absolute atomic E-state index is 8.93. The fraction of sp³-hybridized carbons (Fsp3) is 1.00. The standard InChI is InChI=1S/C6H16O4Si/c1-4-8-6(9-5-2)10-11(3)7/h6-7,11H,4-5H2,1-3H3. The van der Waals surface area contributed by atoms with Crippen molar-refractivity contribution < 1.29 is 18.7 Å². The maximum Gasteiger partial charge on any atom is 0.320 e. The molecular formula is C6H16O4Si. The van der Waals surface area contributed by atoms with Gasteiger partial charge in [0.05, 0.1) is 0 Å². The second kappa shape index (κ2) is 6.75. The number of hydrogen-bond donors (Lipinski definition) is 1. The molecule has 0 aromatic heterocycles. The molecule has 0 rings (SSSR count). The molecule has 0 bridgehead atoms. The lowest BCUT2D eigenvalue weighted by atomic mass is 10.8. The van der Waals surface area contributed by atoms with E-state index in [9.17, 15) is 0 Å². The highest BCUT2D eigenvalue weighted by molar-refractivity contribution is 6.40. The van der Waals surface area contributed by atoms with Crippen LogP contribution in [-0.4, -0.2) is 33.8 Å². The minimum Gasteiger partial charge on any atom is -0.413 e. The van der Waals surface area contributed by atoms with E-state index < -0.39 is 15.8 Å². The normalized spacial score (nSPS) is 13.9. The van der Waals surface area contributed by atoms with Crippen LogP contribution in [0.15, 0.2) is 0 Å². The Morgan fingerprint density at radius 2 is 1.73 bits per heavy atom. The molecular weight excluding hydrogens is 164 g/mol. The van der Waals surface area contributed by atoms with E-state index in [4.69, 9.17) is 18.7 Å². The van der Waals surface area contributed by atoms with Crippen LogP contribution < -0.4 is 0 Å². The Balaban J connectivity index is 3.50. The van der Waals surface area contributed by atoms with Crippen molar-refractivity contribution in [2.45, 2.75) is 26.9 Å². The van der Waals surface area contributed by atoms with Crippen molar-refractivity contribution in [1.82, 2.24) is 0 Å². The Morgan fingerprint density at radius 3 is 2.00 bits per heavy atom. The summed E-state index contributed by atoms with van der Waals surface area (Å²) >= 11 is 0. The Morgan fingerprint density at radius 1 is 1.27 bits per heavy atom. The van der Waals surface area contributed by atoms with E-state index in [1.165, 1.54) is 0 Å². The van der Waals surface area contributed by atoms with E-state index in [0.717, 1.165) is 0 Å². The molecule has 0 aromatic rings. The Kier molecular flexibility index (Phi) is 6.78. The van der Waals surface area contributed by atoms with Crippen LogP contribution in [0.1, 0.15) is 13.8 Å². The average molecular weight is 180 g/mol. The fourth-order valence-corrected chi connectivity index (χ4v) is 1.04. The lowest BCUT2D eigenvalue weighted by Crippen LogP contribution is -2.28. The predicted molar refractivity (Wildman–Crippen MR) is 43.4 cm³/mol. The van der Waals surface area contributed by atoms with E-state index in [0.29, 0.717) is 13.2 Å². The molecule has 1 N–H and O–H groups in total. The molecule has 0 saturated heterocycles. The highest BCUT2D eigenvalue weighted by atomic mass is 28.3. The predicted octanol–water partition coefficient (Wildman–Crippen LogP) is 0.202. The highest BCUT2D eigenvalue weighted by Gasteiger charge is 2.11. The van der Waals surface area contributed by atoms with Crippen LogP contribution in [0.25, 0.3) is 0 Å². The lowest BCUT2D eigenvalue weighted by Gasteiger charge is -2.18. The van der Waals surface area contributed by atoms with Crippen LogP contribution in [-0.2, 0) is 13.9 Å². The van der Waals surface area contributed by atoms with Gasteiger partial charge in [-0.15, -0.1) is 0 Å². The van der Waals surface area contributed by atoms with Crippen LogP contribution in [0.2, 0.25) is 6.55 Å². The number of ether oxygens (including phenoxy) is 2. The van der Waals surface area contributed by atoms with E-state index in [-0.39, 0.29) is 0 Å². The zero-order valence-corrected chi connectivity index (χ0v) is 8.40. The molecule has 0 spiro atoms. The molecule has 0 aromatic carbocycles. The lowest BCUT2D eigenvalue weighted by molar-refractivity contribution is -0.249. The second-order valence-electron chi connectivity index (χ2n) is 1.93. The summed E-state index contributed by atoms with van der Waals surface area (Å²) < 4.78 is 15.0. The SMILES string of the molecule is CCOC(OCC)O[SiH](C)O. The number of hydrogen-bond acceptors (Lipinski definition) is 4. The van der Waals surface area contributed by atoms with Gasteiger partial charge in [0.2, 0.25) is 0 Å². The van der Waals surface area contributed by atoms with Crippen molar-refractivity contribution in [3.8, 4) is 0 Å². The summed E-state index contributed by atoms with van der Waals surface area (Å²) in [5.74, 6) is 0. The molecule has 0 amide bonds. The number of rotatable bonds is 6. The van der Waals surface area contributed by atoms with Crippen molar-refractivity contribution in [3.05, 3.63) is 0 Å². The molecule has 1 unspecified atom stereocenters. The van der Waals surface area contributed by atoms with Crippen molar-refractivity contribution in [2.75, 3.05) is 13.2 Å². The van der Waals surface area contributed by atoms with Gasteiger partial charge in [-0.2, -0.15) is 0 Å². The van der Waals surface area contributed by atoms with Crippen molar-refractivity contribution in [3.63, 3.8) is 0 Å². The van der Waals surface area contributed by atoms with Crippen molar-refractivity contribution >= 4 is 9.28 Å². The van der Waals surface area contributed by atoms with E-state index in [2.05, 4.69) is 0 Å². The largest absolute Gasteiger partial charge is 0.413 e. The van der Waals surface area contributed by atoms with Crippen molar-refractivity contribution in [2.24, 2.45) is 0 Å². The minimum absolute atomic E-state index is 0.520. The van der Waals surface area contributed by atoms with Gasteiger partial charge in [0, 0.05) is 13.2 Å². The third-order valence-electron chi connectivity index (χ3n) is 0.914. The molecule has 11 heavy (non-hydrogen) atoms. The molecule has 5 heteroatoms. The molecule has 0 aliphatic rings. The van der Waals surface area contributed by atoms with Gasteiger partial charge in [-0.3, -0.25) is 0 Å². The van der Waals surface area contributed by atoms with Gasteiger partial charge >= 0.3 is 9.28 Å². The zero-order chi connectivity index (χ0) is 8.69. The molecule has 1 atom stereocenters. The van der Waals surface area contributed by atoms with Crippen LogP contribution in [0.3, 0.4) is 0 Å². The Bertz CT molecular complexity index is 82.7. The summed E-state index contributed by atoms with van der Waals surface area (Å²) in [4.78, 5) is 8.93. The van der Waals surface area contributed by atoms with Crippen molar-refractivity contribution in [1.29, 1.82) is 0 Å².